The maximum atomic E-state index is 4.66. The third-order valence-corrected chi connectivity index (χ3v) is 4.67. The average Bonchev–Trinajstić information content (AvgIpc) is 3.12. The molecule has 3 aromatic rings. The van der Waals surface area contributed by atoms with Crippen LogP contribution >= 0.6 is 11.3 Å². The number of benzene rings is 2. The molecule has 0 unspecified atom stereocenters. The van der Waals surface area contributed by atoms with Gasteiger partial charge >= 0.3 is 0 Å². The standard InChI is InChI=1S/C19H18N4S/c1-2-5-14(6-3-1)15-7-9-16(10-8-15)17-13-24-19(22-17)23-18-20-11-4-12-21-18/h1-3,5-10,13H,4,11-12H2,(H2,20,21,22,23). The first-order valence-corrected chi connectivity index (χ1v) is 8.93. The molecule has 2 heterocycles. The highest BCUT2D eigenvalue weighted by molar-refractivity contribution is 7.14. The van der Waals surface area contributed by atoms with Gasteiger partial charge in [-0.05, 0) is 17.5 Å². The second-order valence-corrected chi connectivity index (χ2v) is 6.48. The van der Waals surface area contributed by atoms with E-state index in [1.807, 2.05) is 6.07 Å². The lowest BCUT2D eigenvalue weighted by molar-refractivity contribution is 0.740. The van der Waals surface area contributed by atoms with E-state index in [1.54, 1.807) is 11.3 Å². The van der Waals surface area contributed by atoms with Gasteiger partial charge in [-0.25, -0.2) is 4.98 Å². The van der Waals surface area contributed by atoms with E-state index in [0.29, 0.717) is 0 Å². The Kier molecular flexibility index (Phi) is 4.25. The molecule has 0 atom stereocenters. The molecule has 120 valence electrons. The van der Waals surface area contributed by atoms with Crippen LogP contribution in [0.1, 0.15) is 6.42 Å². The van der Waals surface area contributed by atoms with E-state index in [1.165, 1.54) is 11.1 Å². The summed E-state index contributed by atoms with van der Waals surface area (Å²) >= 11 is 1.60. The third-order valence-electron chi connectivity index (χ3n) is 3.91. The van der Waals surface area contributed by atoms with Crippen LogP contribution in [0.25, 0.3) is 22.4 Å². The van der Waals surface area contributed by atoms with E-state index < -0.39 is 0 Å². The summed E-state index contributed by atoms with van der Waals surface area (Å²) in [6.45, 7) is 1.83. The van der Waals surface area contributed by atoms with Crippen molar-refractivity contribution in [1.82, 2.24) is 10.3 Å². The van der Waals surface area contributed by atoms with Gasteiger partial charge in [0.25, 0.3) is 0 Å². The van der Waals surface area contributed by atoms with Crippen molar-refractivity contribution in [1.29, 1.82) is 0 Å². The van der Waals surface area contributed by atoms with Crippen LogP contribution in [-0.4, -0.2) is 24.0 Å². The summed E-state index contributed by atoms with van der Waals surface area (Å²) < 4.78 is 0. The van der Waals surface area contributed by atoms with Gasteiger partial charge in [0.2, 0.25) is 0 Å². The topological polar surface area (TPSA) is 49.3 Å². The van der Waals surface area contributed by atoms with E-state index in [4.69, 9.17) is 0 Å². The Morgan fingerprint density at radius 1 is 0.917 bits per heavy atom. The Balaban J connectivity index is 1.51. The average molecular weight is 334 g/mol. The lowest BCUT2D eigenvalue weighted by Gasteiger charge is -2.14. The van der Waals surface area contributed by atoms with E-state index in [9.17, 15) is 0 Å². The monoisotopic (exact) mass is 334 g/mol. The van der Waals surface area contributed by atoms with Crippen LogP contribution in [0.2, 0.25) is 0 Å². The number of anilines is 1. The molecular formula is C19H18N4S. The second kappa shape index (κ2) is 6.84. The highest BCUT2D eigenvalue weighted by Crippen LogP contribution is 2.27. The summed E-state index contributed by atoms with van der Waals surface area (Å²) in [6.07, 6.45) is 1.09. The van der Waals surface area contributed by atoms with Gasteiger partial charge in [-0.15, -0.1) is 11.3 Å². The number of hydrogen-bond acceptors (Lipinski definition) is 5. The number of guanidine groups is 1. The van der Waals surface area contributed by atoms with Crippen molar-refractivity contribution in [2.24, 2.45) is 4.99 Å². The minimum atomic E-state index is 0.821. The van der Waals surface area contributed by atoms with Gasteiger partial charge in [-0.1, -0.05) is 54.6 Å². The van der Waals surface area contributed by atoms with Gasteiger partial charge < -0.3 is 10.6 Å². The van der Waals surface area contributed by atoms with Gasteiger partial charge in [0.1, 0.15) is 0 Å². The first-order chi connectivity index (χ1) is 11.9. The molecule has 1 aliphatic heterocycles. The minimum Gasteiger partial charge on any atom is -0.356 e. The smallest absolute Gasteiger partial charge is 0.197 e. The number of rotatable bonds is 3. The summed E-state index contributed by atoms with van der Waals surface area (Å²) in [7, 11) is 0. The molecule has 4 rings (SSSR count). The molecule has 1 aromatic heterocycles. The molecule has 0 spiro atoms. The van der Waals surface area contributed by atoms with Crippen molar-refractivity contribution >= 4 is 22.4 Å². The highest BCUT2D eigenvalue weighted by Gasteiger charge is 2.09. The zero-order chi connectivity index (χ0) is 16.2. The van der Waals surface area contributed by atoms with Crippen LogP contribution in [0.3, 0.4) is 0 Å². The predicted octanol–water partition coefficient (Wildman–Crippen LogP) is 4.24. The Hall–Kier alpha value is -2.66. The first kappa shape index (κ1) is 14.9. The van der Waals surface area contributed by atoms with Gasteiger partial charge in [0, 0.05) is 24.0 Å². The molecule has 2 N–H and O–H groups in total. The molecule has 0 radical (unpaired) electrons. The molecule has 5 heteroatoms. The summed E-state index contributed by atoms with van der Waals surface area (Å²) in [4.78, 5) is 9.08. The van der Waals surface area contributed by atoms with Crippen molar-refractivity contribution in [2.45, 2.75) is 6.42 Å². The van der Waals surface area contributed by atoms with E-state index >= 15 is 0 Å². The molecule has 0 amide bonds. The van der Waals surface area contributed by atoms with Crippen LogP contribution in [0.5, 0.6) is 0 Å². The fraction of sp³-hybridized carbons (Fsp3) is 0.158. The molecule has 4 nitrogen and oxygen atoms in total. The highest BCUT2D eigenvalue weighted by atomic mass is 32.1. The van der Waals surface area contributed by atoms with Crippen LogP contribution in [0.4, 0.5) is 5.13 Å². The second-order valence-electron chi connectivity index (χ2n) is 5.62. The lowest BCUT2D eigenvalue weighted by Crippen LogP contribution is -2.35. The number of thiazole rings is 1. The number of hydrogen-bond donors (Lipinski definition) is 2. The van der Waals surface area contributed by atoms with Crippen LogP contribution in [0, 0.1) is 0 Å². The van der Waals surface area contributed by atoms with Crippen LogP contribution < -0.4 is 10.6 Å². The number of aromatic nitrogens is 1. The summed E-state index contributed by atoms with van der Waals surface area (Å²) in [5.41, 5.74) is 4.55. The van der Waals surface area contributed by atoms with Crippen LogP contribution in [-0.2, 0) is 0 Å². The largest absolute Gasteiger partial charge is 0.356 e. The maximum Gasteiger partial charge on any atom is 0.197 e. The molecule has 0 aliphatic carbocycles. The molecule has 0 saturated heterocycles. The molecule has 24 heavy (non-hydrogen) atoms. The Bertz CT molecular complexity index is 837. The van der Waals surface area contributed by atoms with Crippen molar-refractivity contribution in [3.05, 3.63) is 60.0 Å². The summed E-state index contributed by atoms with van der Waals surface area (Å²) in [5, 5.41) is 9.44. The Morgan fingerprint density at radius 2 is 1.67 bits per heavy atom. The maximum absolute atomic E-state index is 4.66. The quantitative estimate of drug-likeness (QED) is 0.753. The van der Waals surface area contributed by atoms with Crippen molar-refractivity contribution in [2.75, 3.05) is 18.4 Å². The third kappa shape index (κ3) is 3.31. The molecule has 0 saturated carbocycles. The summed E-state index contributed by atoms with van der Waals surface area (Å²) in [6, 6.07) is 18.9. The Morgan fingerprint density at radius 3 is 2.42 bits per heavy atom. The number of nitrogens with zero attached hydrogens (tertiary/aromatic N) is 2. The van der Waals surface area contributed by atoms with Gasteiger partial charge in [-0.2, -0.15) is 0 Å². The molecule has 0 bridgehead atoms. The molecule has 0 fully saturated rings. The van der Waals surface area contributed by atoms with Crippen molar-refractivity contribution in [3.63, 3.8) is 0 Å². The normalized spacial score (nSPS) is 13.9. The Labute approximate surface area is 145 Å². The molecular weight excluding hydrogens is 316 g/mol. The fourth-order valence-corrected chi connectivity index (χ4v) is 3.36. The van der Waals surface area contributed by atoms with E-state index in [2.05, 4.69) is 74.5 Å². The van der Waals surface area contributed by atoms with E-state index in [-0.39, 0.29) is 0 Å². The van der Waals surface area contributed by atoms with Gasteiger partial charge in [0.15, 0.2) is 11.1 Å². The first-order valence-electron chi connectivity index (χ1n) is 8.05. The zero-order valence-corrected chi connectivity index (χ0v) is 14.0. The molecule has 2 aromatic carbocycles. The van der Waals surface area contributed by atoms with Crippen molar-refractivity contribution < 1.29 is 0 Å². The number of nitrogens with one attached hydrogen (secondary N) is 2. The minimum absolute atomic E-state index is 0.821. The fourth-order valence-electron chi connectivity index (χ4n) is 2.65. The SMILES string of the molecule is c1ccc(-c2ccc(-c3csc(NC4=NCCCN4)n3)cc2)cc1. The molecule has 1 aliphatic rings. The van der Waals surface area contributed by atoms with Gasteiger partial charge in [0.05, 0.1) is 5.69 Å². The van der Waals surface area contributed by atoms with Gasteiger partial charge in [-0.3, -0.25) is 4.99 Å². The van der Waals surface area contributed by atoms with Crippen LogP contribution in [0.15, 0.2) is 65.0 Å². The van der Waals surface area contributed by atoms with Crippen molar-refractivity contribution in [3.8, 4) is 22.4 Å². The lowest BCUT2D eigenvalue weighted by atomic mass is 10.0. The summed E-state index contributed by atoms with van der Waals surface area (Å²) in [5.74, 6) is 0.821. The zero-order valence-electron chi connectivity index (χ0n) is 13.2. The predicted molar refractivity (Wildman–Crippen MR) is 102 cm³/mol. The van der Waals surface area contributed by atoms with E-state index in [0.717, 1.165) is 41.9 Å². The number of aliphatic imine (C=N–C) groups is 1.